The van der Waals surface area contributed by atoms with Crippen molar-refractivity contribution in [3.63, 3.8) is 0 Å². The third kappa shape index (κ3) is 18.1. The Bertz CT molecular complexity index is 738. The van der Waals surface area contributed by atoms with Gasteiger partial charge in [-0.25, -0.2) is 0 Å². The predicted octanol–water partition coefficient (Wildman–Crippen LogP) is 5.36. The van der Waals surface area contributed by atoms with E-state index in [9.17, 15) is 53.9 Å². The highest BCUT2D eigenvalue weighted by atomic mass is 19.4. The lowest BCUT2D eigenvalue weighted by atomic mass is 9.78. The average Bonchev–Trinajstić information content (AvgIpc) is 2.52. The van der Waals surface area contributed by atoms with E-state index in [-0.39, 0.29) is 0 Å². The van der Waals surface area contributed by atoms with Crippen LogP contribution in [0.4, 0.5) is 39.5 Å². The zero-order valence-corrected chi connectivity index (χ0v) is 21.7. The molecule has 224 valence electrons. The fourth-order valence-corrected chi connectivity index (χ4v) is 3.35. The van der Waals surface area contributed by atoms with Crippen LogP contribution in [-0.2, 0) is 28.6 Å². The molecular formula is C22H32F9NO6. The summed E-state index contributed by atoms with van der Waals surface area (Å²) in [6.07, 6.45) is -23.8. The van der Waals surface area contributed by atoms with Crippen LogP contribution in [0, 0.1) is 5.41 Å². The van der Waals surface area contributed by atoms with Crippen molar-refractivity contribution >= 4 is 17.8 Å². The SMILES string of the molecule is CC(C)(C)OC(=O)CN(CC(=O)OC(C)(C)C)C(=O)COCC(CC(F)(F)F)(CC(F)(F)F)CC(F)(F)F. The van der Waals surface area contributed by atoms with Crippen molar-refractivity contribution in [1.82, 2.24) is 4.90 Å². The zero-order chi connectivity index (χ0) is 30.4. The van der Waals surface area contributed by atoms with Gasteiger partial charge in [-0.15, -0.1) is 0 Å². The van der Waals surface area contributed by atoms with Gasteiger partial charge in [-0.2, -0.15) is 39.5 Å². The molecule has 0 radical (unpaired) electrons. The third-order valence-corrected chi connectivity index (χ3v) is 4.19. The van der Waals surface area contributed by atoms with E-state index in [1.54, 1.807) is 0 Å². The van der Waals surface area contributed by atoms with Crippen molar-refractivity contribution in [3.8, 4) is 0 Å². The molecular weight excluding hydrogens is 545 g/mol. The first-order chi connectivity index (χ1) is 16.6. The molecule has 0 aromatic carbocycles. The molecule has 0 aliphatic carbocycles. The first kappa shape index (κ1) is 35.7. The Labute approximate surface area is 213 Å². The molecule has 0 rings (SSSR count). The van der Waals surface area contributed by atoms with Gasteiger partial charge in [0.05, 0.1) is 25.9 Å². The van der Waals surface area contributed by atoms with Crippen molar-refractivity contribution < 1.29 is 68.1 Å². The molecule has 0 aliphatic rings. The minimum Gasteiger partial charge on any atom is -0.459 e. The maximum Gasteiger partial charge on any atom is 0.389 e. The lowest BCUT2D eigenvalue weighted by Crippen LogP contribution is -2.45. The summed E-state index contributed by atoms with van der Waals surface area (Å²) in [5.74, 6) is -3.36. The number of rotatable bonds is 11. The second-order valence-corrected chi connectivity index (χ2v) is 10.8. The number of halogens is 9. The molecule has 0 saturated carbocycles. The molecule has 38 heavy (non-hydrogen) atoms. The number of hydrogen-bond acceptors (Lipinski definition) is 6. The Balaban J connectivity index is 5.84. The minimum absolute atomic E-state index is 0.501. The molecule has 1 amide bonds. The molecule has 0 atom stereocenters. The topological polar surface area (TPSA) is 82.1 Å². The second kappa shape index (κ2) is 12.7. The number of alkyl halides is 9. The Morgan fingerprint density at radius 2 is 0.921 bits per heavy atom. The van der Waals surface area contributed by atoms with Crippen molar-refractivity contribution in [3.05, 3.63) is 0 Å². The molecule has 0 N–H and O–H groups in total. The van der Waals surface area contributed by atoms with Gasteiger partial charge in [-0.3, -0.25) is 14.4 Å². The fourth-order valence-electron chi connectivity index (χ4n) is 3.35. The van der Waals surface area contributed by atoms with Gasteiger partial charge in [0.15, 0.2) is 0 Å². The first-order valence-electron chi connectivity index (χ1n) is 11.1. The van der Waals surface area contributed by atoms with Crippen LogP contribution in [0.25, 0.3) is 0 Å². The maximum atomic E-state index is 13.0. The highest BCUT2D eigenvalue weighted by molar-refractivity contribution is 5.86. The summed E-state index contributed by atoms with van der Waals surface area (Å²) in [5.41, 5.74) is -5.57. The first-order valence-corrected chi connectivity index (χ1v) is 11.1. The van der Waals surface area contributed by atoms with Gasteiger partial charge in [0.2, 0.25) is 5.91 Å². The van der Waals surface area contributed by atoms with Gasteiger partial charge in [-0.05, 0) is 41.5 Å². The number of esters is 2. The quantitative estimate of drug-likeness (QED) is 0.243. The summed E-state index contributed by atoms with van der Waals surface area (Å²) in [6.45, 7) is 4.03. The smallest absolute Gasteiger partial charge is 0.389 e. The van der Waals surface area contributed by atoms with Gasteiger partial charge in [-0.1, -0.05) is 0 Å². The van der Waals surface area contributed by atoms with Crippen LogP contribution in [0.5, 0.6) is 0 Å². The van der Waals surface area contributed by atoms with Crippen LogP contribution in [0.3, 0.4) is 0 Å². The zero-order valence-electron chi connectivity index (χ0n) is 21.7. The van der Waals surface area contributed by atoms with Crippen LogP contribution in [-0.4, -0.2) is 78.8 Å². The molecule has 0 bridgehead atoms. The third-order valence-electron chi connectivity index (χ3n) is 4.19. The fraction of sp³-hybridized carbons (Fsp3) is 0.864. The van der Waals surface area contributed by atoms with Gasteiger partial charge in [0.25, 0.3) is 0 Å². The molecule has 7 nitrogen and oxygen atoms in total. The Morgan fingerprint density at radius 3 is 1.18 bits per heavy atom. The number of nitrogens with zero attached hydrogens (tertiary/aromatic N) is 1. The van der Waals surface area contributed by atoms with Crippen LogP contribution in [0.15, 0.2) is 0 Å². The van der Waals surface area contributed by atoms with Crippen molar-refractivity contribution in [2.45, 2.75) is 90.5 Å². The molecule has 0 heterocycles. The molecule has 0 aliphatic heterocycles. The Kier molecular flexibility index (Phi) is 12.0. The van der Waals surface area contributed by atoms with Crippen LogP contribution in [0.2, 0.25) is 0 Å². The minimum atomic E-state index is -5.43. The highest BCUT2D eigenvalue weighted by Crippen LogP contribution is 2.48. The summed E-state index contributed by atoms with van der Waals surface area (Å²) >= 11 is 0. The molecule has 0 fully saturated rings. The van der Waals surface area contributed by atoms with E-state index in [1.807, 2.05) is 0 Å². The largest absolute Gasteiger partial charge is 0.459 e. The van der Waals surface area contributed by atoms with E-state index in [1.165, 1.54) is 41.5 Å². The van der Waals surface area contributed by atoms with E-state index in [0.29, 0.717) is 4.90 Å². The lowest BCUT2D eigenvalue weighted by Gasteiger charge is -2.35. The standard InChI is InChI=1S/C22H32F9NO6/c1-17(2,3)37-15(34)7-32(8-16(35)38-18(4,5)6)14(33)9-36-13-19(10-20(23,24)25,11-21(26,27)28)12-22(29,30)31/h7-13H2,1-6H3. The highest BCUT2D eigenvalue weighted by Gasteiger charge is 2.54. The van der Waals surface area contributed by atoms with E-state index in [2.05, 4.69) is 4.74 Å². The van der Waals surface area contributed by atoms with Gasteiger partial charge < -0.3 is 19.1 Å². The summed E-state index contributed by atoms with van der Waals surface area (Å²) in [7, 11) is 0. The van der Waals surface area contributed by atoms with Crippen LogP contribution < -0.4 is 0 Å². The number of amides is 1. The van der Waals surface area contributed by atoms with Crippen LogP contribution >= 0.6 is 0 Å². The van der Waals surface area contributed by atoms with Crippen molar-refractivity contribution in [1.29, 1.82) is 0 Å². The molecule has 0 saturated heterocycles. The van der Waals surface area contributed by atoms with Gasteiger partial charge >= 0.3 is 30.5 Å². The van der Waals surface area contributed by atoms with Crippen molar-refractivity contribution in [2.24, 2.45) is 5.41 Å². The van der Waals surface area contributed by atoms with Crippen molar-refractivity contribution in [2.75, 3.05) is 26.3 Å². The van der Waals surface area contributed by atoms with Gasteiger partial charge in [0.1, 0.15) is 30.9 Å². The van der Waals surface area contributed by atoms with Gasteiger partial charge in [0, 0.05) is 5.41 Å². The second-order valence-electron chi connectivity index (χ2n) is 10.8. The van der Waals surface area contributed by atoms with E-state index >= 15 is 0 Å². The molecule has 0 aromatic rings. The number of hydrogen-bond donors (Lipinski definition) is 0. The summed E-state index contributed by atoms with van der Waals surface area (Å²) in [4.78, 5) is 37.4. The molecule has 0 aromatic heterocycles. The van der Waals surface area contributed by atoms with E-state index < -0.39 is 98.6 Å². The summed E-state index contributed by atoms with van der Waals surface area (Å²) in [5, 5.41) is 0. The summed E-state index contributed by atoms with van der Waals surface area (Å²) in [6, 6.07) is 0. The van der Waals surface area contributed by atoms with Crippen LogP contribution in [0.1, 0.15) is 60.8 Å². The maximum absolute atomic E-state index is 13.0. The lowest BCUT2D eigenvalue weighted by molar-refractivity contribution is -0.235. The monoisotopic (exact) mass is 577 g/mol. The normalized spacial score (nSPS) is 13.8. The number of ether oxygens (including phenoxy) is 3. The Hall–Kier alpha value is -2.26. The van der Waals surface area contributed by atoms with E-state index in [0.717, 1.165) is 0 Å². The number of carbonyl (C=O) groups is 3. The molecule has 0 spiro atoms. The summed E-state index contributed by atoms with van der Waals surface area (Å²) < 4.78 is 132. The molecule has 0 unspecified atom stereocenters. The predicted molar refractivity (Wildman–Crippen MR) is 114 cm³/mol. The Morgan fingerprint density at radius 1 is 0.605 bits per heavy atom. The number of carbonyl (C=O) groups excluding carboxylic acids is 3. The average molecular weight is 577 g/mol. The molecule has 16 heteroatoms. The van der Waals surface area contributed by atoms with E-state index in [4.69, 9.17) is 9.47 Å².